The molecule has 0 saturated carbocycles. The third kappa shape index (κ3) is 5.07. The van der Waals surface area contributed by atoms with Crippen molar-refractivity contribution in [1.82, 2.24) is 8.87 Å². The van der Waals surface area contributed by atoms with Crippen molar-refractivity contribution in [1.29, 1.82) is 0 Å². The second kappa shape index (κ2) is 9.98. The SMILES string of the molecule is CCOC(=O)Cn1c(=NC(=O)C2CCCN(S(=O)(=O)c3ccccc3)C2)sc2ccccc21. The number of carbonyl (C=O) groups excluding carboxylic acids is 2. The molecule has 2 aromatic carbocycles. The van der Waals surface area contributed by atoms with Crippen LogP contribution >= 0.6 is 11.3 Å². The molecule has 1 unspecified atom stereocenters. The van der Waals surface area contributed by atoms with E-state index in [1.54, 1.807) is 41.8 Å². The molecule has 1 amide bonds. The Balaban J connectivity index is 1.62. The molecule has 1 atom stereocenters. The van der Waals surface area contributed by atoms with Gasteiger partial charge in [-0.05, 0) is 44.0 Å². The van der Waals surface area contributed by atoms with Gasteiger partial charge >= 0.3 is 5.97 Å². The van der Waals surface area contributed by atoms with Gasteiger partial charge < -0.3 is 9.30 Å². The largest absolute Gasteiger partial charge is 0.465 e. The van der Waals surface area contributed by atoms with E-state index in [0.717, 1.165) is 10.2 Å². The minimum atomic E-state index is -3.68. The number of hydrogen-bond donors (Lipinski definition) is 0. The smallest absolute Gasteiger partial charge is 0.326 e. The molecule has 3 aromatic rings. The maximum Gasteiger partial charge on any atom is 0.326 e. The Labute approximate surface area is 196 Å². The number of ether oxygens (including phenoxy) is 1. The van der Waals surface area contributed by atoms with Crippen molar-refractivity contribution in [2.24, 2.45) is 10.9 Å². The van der Waals surface area contributed by atoms with Crippen LogP contribution in [-0.4, -0.2) is 48.9 Å². The van der Waals surface area contributed by atoms with Crippen LogP contribution in [0.15, 0.2) is 64.5 Å². The highest BCUT2D eigenvalue weighted by Gasteiger charge is 2.33. The topological polar surface area (TPSA) is 98.0 Å². The number of nitrogens with zero attached hydrogens (tertiary/aromatic N) is 3. The van der Waals surface area contributed by atoms with Crippen LogP contribution in [0.2, 0.25) is 0 Å². The molecule has 1 saturated heterocycles. The van der Waals surface area contributed by atoms with Crippen LogP contribution in [0.5, 0.6) is 0 Å². The lowest BCUT2D eigenvalue weighted by Gasteiger charge is -2.30. The number of benzene rings is 2. The van der Waals surface area contributed by atoms with Gasteiger partial charge in [0, 0.05) is 13.1 Å². The van der Waals surface area contributed by atoms with Crippen LogP contribution in [0.25, 0.3) is 10.2 Å². The normalized spacial score (nSPS) is 17.8. The third-order valence-corrected chi connectivity index (χ3v) is 8.44. The number of rotatable bonds is 6. The first-order chi connectivity index (χ1) is 15.9. The van der Waals surface area contributed by atoms with Crippen LogP contribution in [-0.2, 0) is 30.9 Å². The highest BCUT2D eigenvalue weighted by Crippen LogP contribution is 2.25. The molecule has 33 heavy (non-hydrogen) atoms. The Bertz CT molecular complexity index is 1330. The van der Waals surface area contributed by atoms with Crippen molar-refractivity contribution in [2.75, 3.05) is 19.7 Å². The van der Waals surface area contributed by atoms with Gasteiger partial charge in [0.1, 0.15) is 6.54 Å². The van der Waals surface area contributed by atoms with Crippen molar-refractivity contribution in [3.05, 3.63) is 59.4 Å². The average molecular weight is 488 g/mol. The van der Waals surface area contributed by atoms with Crippen molar-refractivity contribution in [3.63, 3.8) is 0 Å². The zero-order chi connectivity index (χ0) is 23.4. The molecule has 10 heteroatoms. The maximum atomic E-state index is 13.1. The summed E-state index contributed by atoms with van der Waals surface area (Å²) in [5.74, 6) is -1.33. The Kier molecular flexibility index (Phi) is 7.06. The van der Waals surface area contributed by atoms with Crippen LogP contribution in [0.4, 0.5) is 0 Å². The molecule has 4 rings (SSSR count). The van der Waals surface area contributed by atoms with E-state index in [9.17, 15) is 18.0 Å². The monoisotopic (exact) mass is 487 g/mol. The average Bonchev–Trinajstić information content (AvgIpc) is 3.16. The first-order valence-corrected chi connectivity index (χ1v) is 13.0. The minimum absolute atomic E-state index is 0.0524. The molecule has 0 bridgehead atoms. The predicted molar refractivity (Wildman–Crippen MR) is 125 cm³/mol. The summed E-state index contributed by atoms with van der Waals surface area (Å²) in [5.41, 5.74) is 0.791. The van der Waals surface area contributed by atoms with Gasteiger partial charge in [-0.15, -0.1) is 0 Å². The number of para-hydroxylation sites is 1. The number of aromatic nitrogens is 1. The quantitative estimate of drug-likeness (QED) is 0.498. The zero-order valence-corrected chi connectivity index (χ0v) is 19.8. The number of esters is 1. The van der Waals surface area contributed by atoms with E-state index in [-0.39, 0.29) is 30.5 Å². The number of fused-ring (bicyclic) bond motifs is 1. The number of sulfonamides is 1. The van der Waals surface area contributed by atoms with Crippen LogP contribution in [0, 0.1) is 5.92 Å². The van der Waals surface area contributed by atoms with Crippen molar-refractivity contribution < 1.29 is 22.7 Å². The summed E-state index contributed by atoms with van der Waals surface area (Å²) in [4.78, 5) is 30.2. The predicted octanol–water partition coefficient (Wildman–Crippen LogP) is 2.79. The molecular formula is C23H25N3O5S2. The fourth-order valence-electron chi connectivity index (χ4n) is 3.88. The number of thiazole rings is 1. The van der Waals surface area contributed by atoms with Crippen molar-refractivity contribution >= 4 is 43.5 Å². The van der Waals surface area contributed by atoms with Gasteiger partial charge in [-0.3, -0.25) is 9.59 Å². The standard InChI is InChI=1S/C23H25N3O5S2/c1-2-31-21(27)16-26-19-12-6-7-13-20(19)32-23(26)24-22(28)17-9-8-14-25(15-17)33(29,30)18-10-4-3-5-11-18/h3-7,10-13,17H,2,8-9,14-16H2,1H3. The van der Waals surface area contributed by atoms with Crippen LogP contribution in [0.1, 0.15) is 19.8 Å². The van der Waals surface area contributed by atoms with Crippen molar-refractivity contribution in [2.45, 2.75) is 31.2 Å². The molecule has 0 aliphatic carbocycles. The Hall–Kier alpha value is -2.82. The van der Waals surface area contributed by atoms with Crippen LogP contribution < -0.4 is 4.80 Å². The highest BCUT2D eigenvalue weighted by atomic mass is 32.2. The van der Waals surface area contributed by atoms with Gasteiger partial charge in [0.25, 0.3) is 5.91 Å². The molecule has 1 aromatic heterocycles. The second-order valence-corrected chi connectivity index (χ2v) is 10.7. The molecule has 1 aliphatic heterocycles. The number of piperidine rings is 1. The molecule has 2 heterocycles. The Morgan fingerprint density at radius 1 is 1.12 bits per heavy atom. The van der Waals surface area contributed by atoms with E-state index in [0.29, 0.717) is 24.2 Å². The van der Waals surface area contributed by atoms with E-state index in [1.165, 1.54) is 15.6 Å². The van der Waals surface area contributed by atoms with Gasteiger partial charge in [-0.25, -0.2) is 8.42 Å². The van der Waals surface area contributed by atoms with Gasteiger partial charge in [-0.1, -0.05) is 41.7 Å². The fraction of sp³-hybridized carbons (Fsp3) is 0.348. The van der Waals surface area contributed by atoms with Gasteiger partial charge in [0.2, 0.25) is 10.0 Å². The van der Waals surface area contributed by atoms with Gasteiger partial charge in [-0.2, -0.15) is 9.30 Å². The number of hydrogen-bond acceptors (Lipinski definition) is 6. The molecular weight excluding hydrogens is 462 g/mol. The molecule has 0 radical (unpaired) electrons. The van der Waals surface area contributed by atoms with E-state index < -0.39 is 21.9 Å². The summed E-state index contributed by atoms with van der Waals surface area (Å²) in [7, 11) is -3.68. The fourth-order valence-corrected chi connectivity index (χ4v) is 6.46. The summed E-state index contributed by atoms with van der Waals surface area (Å²) in [5, 5.41) is 0. The van der Waals surface area contributed by atoms with Crippen molar-refractivity contribution in [3.8, 4) is 0 Å². The highest BCUT2D eigenvalue weighted by molar-refractivity contribution is 7.89. The Morgan fingerprint density at radius 3 is 2.61 bits per heavy atom. The first kappa shape index (κ1) is 23.3. The lowest BCUT2D eigenvalue weighted by molar-refractivity contribution is -0.143. The summed E-state index contributed by atoms with van der Waals surface area (Å²) in [6, 6.07) is 15.7. The first-order valence-electron chi connectivity index (χ1n) is 10.8. The summed E-state index contributed by atoms with van der Waals surface area (Å²) >= 11 is 1.32. The summed E-state index contributed by atoms with van der Waals surface area (Å²) in [6.07, 6.45) is 1.14. The summed E-state index contributed by atoms with van der Waals surface area (Å²) < 4.78 is 35.0. The zero-order valence-electron chi connectivity index (χ0n) is 18.2. The third-order valence-electron chi connectivity index (χ3n) is 5.50. The van der Waals surface area contributed by atoms with E-state index in [4.69, 9.17) is 4.74 Å². The molecule has 0 spiro atoms. The second-order valence-electron chi connectivity index (χ2n) is 7.71. The van der Waals surface area contributed by atoms with E-state index in [2.05, 4.69) is 4.99 Å². The molecule has 174 valence electrons. The van der Waals surface area contributed by atoms with E-state index in [1.807, 2.05) is 24.3 Å². The van der Waals surface area contributed by atoms with Gasteiger partial charge in [0.05, 0.1) is 27.6 Å². The number of amides is 1. The summed E-state index contributed by atoms with van der Waals surface area (Å²) in [6.45, 7) is 2.40. The Morgan fingerprint density at radius 2 is 1.85 bits per heavy atom. The van der Waals surface area contributed by atoms with E-state index >= 15 is 0 Å². The minimum Gasteiger partial charge on any atom is -0.465 e. The molecule has 0 N–H and O–H groups in total. The molecule has 1 aliphatic rings. The van der Waals surface area contributed by atoms with Crippen LogP contribution in [0.3, 0.4) is 0 Å². The molecule has 8 nitrogen and oxygen atoms in total. The van der Waals surface area contributed by atoms with Gasteiger partial charge in [0.15, 0.2) is 4.80 Å². The maximum absolute atomic E-state index is 13.1. The lowest BCUT2D eigenvalue weighted by Crippen LogP contribution is -2.42. The lowest BCUT2D eigenvalue weighted by atomic mass is 9.99. The number of carbonyl (C=O) groups is 2. The molecule has 1 fully saturated rings.